The van der Waals surface area contributed by atoms with Gasteiger partial charge in [0.2, 0.25) is 5.91 Å². The van der Waals surface area contributed by atoms with Gasteiger partial charge in [-0.25, -0.2) is 4.79 Å². The molecule has 1 aromatic rings. The Morgan fingerprint density at radius 3 is 2.24 bits per heavy atom. The van der Waals surface area contributed by atoms with Gasteiger partial charge in [-0.15, -0.1) is 0 Å². The number of nitrogens with zero attached hydrogens (tertiary/aromatic N) is 1. The minimum Gasteiger partial charge on any atom is -0.469 e. The summed E-state index contributed by atoms with van der Waals surface area (Å²) in [5.74, 6) is -2.50. The predicted molar refractivity (Wildman–Crippen MR) is 103 cm³/mol. The number of nitro groups is 1. The first-order valence-corrected chi connectivity index (χ1v) is 9.56. The smallest absolute Gasteiger partial charge is 0.329 e. The number of methoxy groups -OCH3 is 2. The van der Waals surface area contributed by atoms with Crippen LogP contribution in [0.3, 0.4) is 0 Å². The summed E-state index contributed by atoms with van der Waals surface area (Å²) in [6.07, 6.45) is 4.29. The summed E-state index contributed by atoms with van der Waals surface area (Å²) in [4.78, 5) is 47.6. The van der Waals surface area contributed by atoms with Crippen LogP contribution in [-0.4, -0.2) is 43.0 Å². The molecule has 0 heterocycles. The molecule has 9 nitrogen and oxygen atoms in total. The van der Waals surface area contributed by atoms with Crippen LogP contribution in [0.1, 0.15) is 50.0 Å². The number of amides is 1. The van der Waals surface area contributed by atoms with Crippen LogP contribution in [0.5, 0.6) is 0 Å². The van der Waals surface area contributed by atoms with E-state index in [1.54, 1.807) is 0 Å². The molecule has 0 saturated heterocycles. The largest absolute Gasteiger partial charge is 0.469 e. The molecule has 1 aliphatic rings. The van der Waals surface area contributed by atoms with Gasteiger partial charge in [0, 0.05) is 24.0 Å². The zero-order valence-corrected chi connectivity index (χ0v) is 16.6. The van der Waals surface area contributed by atoms with Crippen molar-refractivity contribution in [1.29, 1.82) is 0 Å². The number of carbonyl (C=O) groups is 3. The van der Waals surface area contributed by atoms with Gasteiger partial charge < -0.3 is 14.8 Å². The maximum absolute atomic E-state index is 12.7. The molecule has 9 heteroatoms. The topological polar surface area (TPSA) is 125 Å². The number of esters is 2. The van der Waals surface area contributed by atoms with Gasteiger partial charge in [0.25, 0.3) is 5.69 Å². The third-order valence-electron chi connectivity index (χ3n) is 5.28. The second kappa shape index (κ2) is 10.5. The van der Waals surface area contributed by atoms with Crippen LogP contribution in [0.25, 0.3) is 0 Å². The third-order valence-corrected chi connectivity index (χ3v) is 5.28. The van der Waals surface area contributed by atoms with Crippen molar-refractivity contribution in [3.63, 3.8) is 0 Å². The molecule has 1 amide bonds. The number of carbonyl (C=O) groups excluding carboxylic acids is 3. The average Bonchev–Trinajstić information content (AvgIpc) is 2.75. The number of non-ortho nitro benzene ring substituents is 1. The fourth-order valence-electron chi connectivity index (χ4n) is 3.62. The van der Waals surface area contributed by atoms with E-state index in [1.165, 1.54) is 38.5 Å². The van der Waals surface area contributed by atoms with E-state index in [0.717, 1.165) is 32.1 Å². The molecule has 0 radical (unpaired) electrons. The number of hydrogen-bond acceptors (Lipinski definition) is 7. The van der Waals surface area contributed by atoms with Gasteiger partial charge in [0.1, 0.15) is 6.04 Å². The van der Waals surface area contributed by atoms with Gasteiger partial charge in [0.15, 0.2) is 0 Å². The van der Waals surface area contributed by atoms with Gasteiger partial charge in [-0.3, -0.25) is 19.7 Å². The first-order valence-electron chi connectivity index (χ1n) is 9.56. The summed E-state index contributed by atoms with van der Waals surface area (Å²) in [5.41, 5.74) is 0.367. The van der Waals surface area contributed by atoms with Crippen LogP contribution >= 0.6 is 0 Å². The van der Waals surface area contributed by atoms with Gasteiger partial charge in [0.05, 0.1) is 25.6 Å². The minimum absolute atomic E-state index is 0.119. The van der Waals surface area contributed by atoms with Gasteiger partial charge in [-0.1, -0.05) is 31.4 Å². The fourth-order valence-corrected chi connectivity index (χ4v) is 3.62. The lowest BCUT2D eigenvalue weighted by molar-refractivity contribution is -0.384. The van der Waals surface area contributed by atoms with E-state index in [2.05, 4.69) is 5.32 Å². The average molecular weight is 406 g/mol. The minimum atomic E-state index is -1.12. The molecule has 0 unspecified atom stereocenters. The van der Waals surface area contributed by atoms with E-state index in [1.807, 2.05) is 0 Å². The molecule has 2 atom stereocenters. The summed E-state index contributed by atoms with van der Waals surface area (Å²) in [7, 11) is 2.43. The van der Waals surface area contributed by atoms with Crippen molar-refractivity contribution in [3.8, 4) is 0 Å². The fraction of sp³-hybridized carbons (Fsp3) is 0.550. The van der Waals surface area contributed by atoms with E-state index < -0.39 is 28.8 Å². The Kier molecular flexibility index (Phi) is 8.11. The van der Waals surface area contributed by atoms with Crippen molar-refractivity contribution in [3.05, 3.63) is 39.9 Å². The molecule has 1 N–H and O–H groups in total. The Morgan fingerprint density at radius 2 is 1.72 bits per heavy atom. The van der Waals surface area contributed by atoms with Gasteiger partial charge in [-0.2, -0.15) is 0 Å². The second-order valence-corrected chi connectivity index (χ2v) is 7.08. The first-order chi connectivity index (χ1) is 13.9. The number of benzene rings is 1. The molecule has 0 aromatic heterocycles. The molecular weight excluding hydrogens is 380 g/mol. The van der Waals surface area contributed by atoms with Crippen molar-refractivity contribution < 1.29 is 28.8 Å². The van der Waals surface area contributed by atoms with E-state index in [9.17, 15) is 24.5 Å². The zero-order chi connectivity index (χ0) is 21.4. The molecule has 0 aliphatic heterocycles. The normalized spacial score (nSPS) is 16.3. The third kappa shape index (κ3) is 6.00. The van der Waals surface area contributed by atoms with Crippen LogP contribution in [0.15, 0.2) is 24.3 Å². The summed E-state index contributed by atoms with van der Waals surface area (Å²) in [5, 5.41) is 13.7. The van der Waals surface area contributed by atoms with Crippen molar-refractivity contribution in [2.75, 3.05) is 14.2 Å². The first kappa shape index (κ1) is 22.3. The highest BCUT2D eigenvalue weighted by atomic mass is 16.6. The van der Waals surface area contributed by atoms with Crippen LogP contribution in [-0.2, 0) is 23.9 Å². The number of nitro benzene ring substituents is 1. The lowest BCUT2D eigenvalue weighted by Gasteiger charge is -2.28. The standard InChI is InChI=1S/C20H26N2O7/c1-28-17(23)12-16(13-8-10-15(11-9-13)22(26)27)18(20(25)29-2)21-19(24)14-6-4-3-5-7-14/h8-11,14,16,18H,3-7,12H2,1-2H3,(H,21,24)/t16-,18+/m0/s1. The monoisotopic (exact) mass is 406 g/mol. The highest BCUT2D eigenvalue weighted by Crippen LogP contribution is 2.29. The highest BCUT2D eigenvalue weighted by Gasteiger charge is 2.36. The summed E-state index contributed by atoms with van der Waals surface area (Å²) < 4.78 is 9.60. The summed E-state index contributed by atoms with van der Waals surface area (Å²) in [6, 6.07) is 4.39. The molecular formula is C20H26N2O7. The van der Waals surface area contributed by atoms with E-state index in [0.29, 0.717) is 5.56 Å². The van der Waals surface area contributed by atoms with Crippen LogP contribution in [0.2, 0.25) is 0 Å². The SMILES string of the molecule is COC(=O)C[C@@H](c1ccc([N+](=O)[O-])cc1)[C@@H](NC(=O)C1CCCCC1)C(=O)OC. The maximum Gasteiger partial charge on any atom is 0.329 e. The molecule has 1 fully saturated rings. The Bertz CT molecular complexity index is 742. The van der Waals surface area contributed by atoms with Gasteiger partial charge in [-0.05, 0) is 18.4 Å². The van der Waals surface area contributed by atoms with Crippen LogP contribution in [0, 0.1) is 16.0 Å². The van der Waals surface area contributed by atoms with Crippen molar-refractivity contribution in [1.82, 2.24) is 5.32 Å². The Labute approximate surface area is 168 Å². The van der Waals surface area contributed by atoms with Crippen molar-refractivity contribution in [2.24, 2.45) is 5.92 Å². The van der Waals surface area contributed by atoms with Crippen LogP contribution < -0.4 is 5.32 Å². The predicted octanol–water partition coefficient (Wildman–Crippen LogP) is 2.48. The molecule has 1 saturated carbocycles. The maximum atomic E-state index is 12.7. The molecule has 158 valence electrons. The molecule has 0 bridgehead atoms. The van der Waals surface area contributed by atoms with Crippen molar-refractivity contribution >= 4 is 23.5 Å². The quantitative estimate of drug-likeness (QED) is 0.399. The Hall–Kier alpha value is -2.97. The molecule has 29 heavy (non-hydrogen) atoms. The highest BCUT2D eigenvalue weighted by molar-refractivity contribution is 5.87. The second-order valence-electron chi connectivity index (χ2n) is 7.08. The molecule has 1 aromatic carbocycles. The Morgan fingerprint density at radius 1 is 1.10 bits per heavy atom. The lowest BCUT2D eigenvalue weighted by atomic mass is 9.85. The lowest BCUT2D eigenvalue weighted by Crippen LogP contribution is -2.48. The molecule has 2 rings (SSSR count). The number of nitrogens with one attached hydrogen (secondary N) is 1. The van der Waals surface area contributed by atoms with Crippen LogP contribution in [0.4, 0.5) is 5.69 Å². The number of rotatable bonds is 8. The number of hydrogen-bond donors (Lipinski definition) is 1. The summed E-state index contributed by atoms with van der Waals surface area (Å²) in [6.45, 7) is 0. The zero-order valence-electron chi connectivity index (χ0n) is 16.6. The number of ether oxygens (including phenoxy) is 2. The van der Waals surface area contributed by atoms with Crippen molar-refractivity contribution in [2.45, 2.75) is 50.5 Å². The van der Waals surface area contributed by atoms with E-state index in [-0.39, 0.29) is 23.9 Å². The summed E-state index contributed by atoms with van der Waals surface area (Å²) >= 11 is 0. The Balaban J connectivity index is 2.32. The molecule has 1 aliphatic carbocycles. The van der Waals surface area contributed by atoms with E-state index in [4.69, 9.17) is 9.47 Å². The van der Waals surface area contributed by atoms with Gasteiger partial charge >= 0.3 is 11.9 Å². The molecule has 0 spiro atoms. The van der Waals surface area contributed by atoms with E-state index >= 15 is 0 Å².